The summed E-state index contributed by atoms with van der Waals surface area (Å²) in [6, 6.07) is 8.58. The van der Waals surface area contributed by atoms with Gasteiger partial charge in [0, 0.05) is 41.7 Å². The largest absolute Gasteiger partial charge is 0.402 e. The Labute approximate surface area is 240 Å². The molecule has 1 aliphatic carbocycles. The van der Waals surface area contributed by atoms with Gasteiger partial charge < -0.3 is 21.1 Å². The van der Waals surface area contributed by atoms with Gasteiger partial charge in [-0.25, -0.2) is 10.0 Å². The minimum absolute atomic E-state index is 0.0884. The molecule has 0 spiro atoms. The molecule has 1 saturated carbocycles. The van der Waals surface area contributed by atoms with Crippen molar-refractivity contribution >= 4 is 38.8 Å². The number of nitrogens with two attached hydrogens (primary N) is 1. The lowest BCUT2D eigenvalue weighted by Crippen LogP contribution is -2.49. The number of benzene rings is 1. The average Bonchev–Trinajstić information content (AvgIpc) is 3.33. The smallest absolute Gasteiger partial charge is 0.270 e. The van der Waals surface area contributed by atoms with Gasteiger partial charge in [0.15, 0.2) is 0 Å². The van der Waals surface area contributed by atoms with Crippen LogP contribution in [0, 0.1) is 5.92 Å². The number of rotatable bonds is 12. The highest BCUT2D eigenvalue weighted by Gasteiger charge is 2.32. The Morgan fingerprint density at radius 1 is 1.12 bits per heavy atom. The molecule has 9 nitrogen and oxygen atoms in total. The van der Waals surface area contributed by atoms with E-state index in [4.69, 9.17) is 10.5 Å². The molecular formula is C30H46N6O3S. The van der Waals surface area contributed by atoms with Crippen LogP contribution in [0.1, 0.15) is 62.0 Å². The summed E-state index contributed by atoms with van der Waals surface area (Å²) >= 11 is 0. The summed E-state index contributed by atoms with van der Waals surface area (Å²) in [6.07, 6.45) is 13.5. The minimum atomic E-state index is -0.626. The van der Waals surface area contributed by atoms with E-state index in [1.54, 1.807) is 19.3 Å². The summed E-state index contributed by atoms with van der Waals surface area (Å²) in [5.74, 6) is 0.619. The lowest BCUT2D eigenvalue weighted by Gasteiger charge is -2.30. The zero-order valence-electron chi connectivity index (χ0n) is 24.8. The number of hydrogen-bond donors (Lipinski definition) is 3. The van der Waals surface area contributed by atoms with Crippen molar-refractivity contribution in [2.45, 2.75) is 52.0 Å². The van der Waals surface area contributed by atoms with Crippen molar-refractivity contribution in [1.29, 1.82) is 0 Å². The van der Waals surface area contributed by atoms with Gasteiger partial charge in [0.2, 0.25) is 5.91 Å². The average molecular weight is 571 g/mol. The van der Waals surface area contributed by atoms with Gasteiger partial charge in [-0.2, -0.15) is 5.10 Å². The molecule has 0 bridgehead atoms. The first kappa shape index (κ1) is 31.4. The van der Waals surface area contributed by atoms with Crippen molar-refractivity contribution in [3.63, 3.8) is 0 Å². The Bertz CT molecular complexity index is 1200. The molecule has 1 aromatic carbocycles. The second-order valence-corrected chi connectivity index (χ2v) is 16.0. The SMILES string of the molecule is CC(=NCOCCS(C)(C)C)C(=C(C)N)c1ccc(NC(=O)C(NC(=O)c2ccnn2C)C2CCCCC2)cc1. The summed E-state index contributed by atoms with van der Waals surface area (Å²) in [4.78, 5) is 31.0. The van der Waals surface area contributed by atoms with E-state index in [0.717, 1.165) is 54.7 Å². The molecule has 220 valence electrons. The molecule has 1 heterocycles. The number of carbonyl (C=O) groups excluding carboxylic acids is 2. The summed E-state index contributed by atoms with van der Waals surface area (Å²) in [6.45, 7) is 4.77. The maximum absolute atomic E-state index is 13.5. The second kappa shape index (κ2) is 14.5. The maximum atomic E-state index is 13.5. The van der Waals surface area contributed by atoms with Gasteiger partial charge in [0.05, 0.1) is 6.61 Å². The summed E-state index contributed by atoms with van der Waals surface area (Å²) in [5.41, 5.74) is 10.5. The number of carbonyl (C=O) groups is 2. The van der Waals surface area contributed by atoms with Gasteiger partial charge in [0.25, 0.3) is 5.91 Å². The molecule has 4 N–H and O–H groups in total. The van der Waals surface area contributed by atoms with Crippen molar-refractivity contribution < 1.29 is 14.3 Å². The number of allylic oxidation sites excluding steroid dienone is 2. The standard InChI is InChI=1S/C30H46N6O3S/c1-21(31)27(22(2)32-20-39-18-19-40(4,5)6)23-12-14-25(15-13-23)34-30(38)28(24-10-8-7-9-11-24)35-29(37)26-16-17-33-36(26)3/h12-17,24,28H,7-11,18-20,31H2,1-6H3,(H,34,38)(H,35,37). The molecular weight excluding hydrogens is 524 g/mol. The predicted octanol–water partition coefficient (Wildman–Crippen LogP) is 4.56. The number of aliphatic imine (C=N–C) groups is 1. The van der Waals surface area contributed by atoms with Crippen molar-refractivity contribution in [2.24, 2.45) is 23.7 Å². The Morgan fingerprint density at radius 3 is 2.38 bits per heavy atom. The van der Waals surface area contributed by atoms with Gasteiger partial charge in [0.1, 0.15) is 18.5 Å². The third kappa shape index (κ3) is 9.23. The monoisotopic (exact) mass is 570 g/mol. The lowest BCUT2D eigenvalue weighted by molar-refractivity contribution is -0.119. The van der Waals surface area contributed by atoms with Crippen molar-refractivity contribution in [3.05, 3.63) is 53.5 Å². The molecule has 1 aromatic heterocycles. The van der Waals surface area contributed by atoms with E-state index in [2.05, 4.69) is 39.5 Å². The quantitative estimate of drug-likeness (QED) is 0.255. The topological polar surface area (TPSA) is 124 Å². The third-order valence-corrected chi connectivity index (χ3v) is 8.57. The van der Waals surface area contributed by atoms with Crippen LogP contribution >= 0.6 is 10.0 Å². The third-order valence-electron chi connectivity index (χ3n) is 7.17. The number of anilines is 1. The van der Waals surface area contributed by atoms with E-state index < -0.39 is 16.1 Å². The second-order valence-electron chi connectivity index (χ2n) is 11.4. The molecule has 0 saturated heterocycles. The van der Waals surface area contributed by atoms with Crippen molar-refractivity contribution in [2.75, 3.05) is 43.2 Å². The molecule has 10 heteroatoms. The Kier molecular flexibility index (Phi) is 11.4. The van der Waals surface area contributed by atoms with Crippen LogP contribution < -0.4 is 16.4 Å². The fourth-order valence-corrected chi connectivity index (χ4v) is 5.55. The molecule has 1 unspecified atom stereocenters. The number of nitrogens with one attached hydrogen (secondary N) is 2. The van der Waals surface area contributed by atoms with Crippen LogP contribution in [0.4, 0.5) is 5.69 Å². The molecule has 2 amide bonds. The number of nitrogens with zero attached hydrogens (tertiary/aromatic N) is 3. The Morgan fingerprint density at radius 2 is 1.80 bits per heavy atom. The van der Waals surface area contributed by atoms with E-state index in [1.165, 1.54) is 4.68 Å². The van der Waals surface area contributed by atoms with Crippen LogP contribution in [0.2, 0.25) is 0 Å². The zero-order chi connectivity index (χ0) is 29.3. The highest BCUT2D eigenvalue weighted by molar-refractivity contribution is 8.32. The molecule has 1 atom stereocenters. The fraction of sp³-hybridized carbons (Fsp3) is 0.533. The van der Waals surface area contributed by atoms with E-state index >= 15 is 0 Å². The first-order valence-electron chi connectivity index (χ1n) is 13.9. The maximum Gasteiger partial charge on any atom is 0.270 e. The van der Waals surface area contributed by atoms with Gasteiger partial charge in [-0.1, -0.05) is 31.4 Å². The Balaban J connectivity index is 1.69. The van der Waals surface area contributed by atoms with Crippen LogP contribution in [0.5, 0.6) is 0 Å². The normalized spacial score (nSPS) is 16.7. The van der Waals surface area contributed by atoms with Gasteiger partial charge in [-0.05, 0) is 75.1 Å². The minimum Gasteiger partial charge on any atom is -0.402 e. The van der Waals surface area contributed by atoms with Gasteiger partial charge >= 0.3 is 0 Å². The summed E-state index contributed by atoms with van der Waals surface area (Å²) < 4.78 is 7.24. The number of aromatic nitrogens is 2. The fourth-order valence-electron chi connectivity index (χ4n) is 4.93. The van der Waals surface area contributed by atoms with E-state index in [-0.39, 0.29) is 17.7 Å². The van der Waals surface area contributed by atoms with E-state index in [9.17, 15) is 9.59 Å². The van der Waals surface area contributed by atoms with E-state index in [0.29, 0.717) is 30.4 Å². The first-order valence-corrected chi connectivity index (χ1v) is 16.9. The van der Waals surface area contributed by atoms with Gasteiger partial charge in [-0.15, -0.1) is 0 Å². The number of aryl methyl sites for hydroxylation is 1. The van der Waals surface area contributed by atoms with Crippen molar-refractivity contribution in [1.82, 2.24) is 15.1 Å². The Hall–Kier alpha value is -3.11. The van der Waals surface area contributed by atoms with Crippen LogP contribution in [-0.2, 0) is 16.6 Å². The molecule has 0 radical (unpaired) electrons. The highest BCUT2D eigenvalue weighted by Crippen LogP contribution is 2.33. The van der Waals surface area contributed by atoms with Crippen LogP contribution in [0.3, 0.4) is 0 Å². The van der Waals surface area contributed by atoms with Crippen LogP contribution in [-0.4, -0.2) is 71.2 Å². The molecule has 3 rings (SSSR count). The molecule has 0 aliphatic heterocycles. The molecule has 2 aromatic rings. The summed E-state index contributed by atoms with van der Waals surface area (Å²) in [5, 5.41) is 10.1. The van der Waals surface area contributed by atoms with Crippen molar-refractivity contribution in [3.8, 4) is 0 Å². The molecule has 40 heavy (non-hydrogen) atoms. The molecule has 1 aliphatic rings. The van der Waals surface area contributed by atoms with E-state index in [1.807, 2.05) is 38.1 Å². The van der Waals surface area contributed by atoms with Crippen LogP contribution in [0.25, 0.3) is 5.57 Å². The molecule has 1 fully saturated rings. The number of ether oxygens (including phenoxy) is 1. The number of hydrogen-bond acceptors (Lipinski definition) is 6. The predicted molar refractivity (Wildman–Crippen MR) is 167 cm³/mol. The zero-order valence-corrected chi connectivity index (χ0v) is 25.6. The first-order chi connectivity index (χ1) is 19.0. The highest BCUT2D eigenvalue weighted by atomic mass is 32.3. The van der Waals surface area contributed by atoms with Gasteiger partial charge in [-0.3, -0.25) is 19.3 Å². The van der Waals surface area contributed by atoms with Crippen LogP contribution in [0.15, 0.2) is 47.2 Å². The number of amides is 2. The summed E-state index contributed by atoms with van der Waals surface area (Å²) in [7, 11) is 1.12. The lowest BCUT2D eigenvalue weighted by atomic mass is 9.83.